The highest BCUT2D eigenvalue weighted by molar-refractivity contribution is 5.65. The van der Waals surface area contributed by atoms with Crippen molar-refractivity contribution in [2.24, 2.45) is 0 Å². The molecule has 1 aliphatic rings. The summed E-state index contributed by atoms with van der Waals surface area (Å²) < 4.78 is 5.22. The first kappa shape index (κ1) is 12.3. The molecule has 0 saturated carbocycles. The molecule has 5 heteroatoms. The van der Waals surface area contributed by atoms with E-state index in [9.17, 15) is 4.79 Å². The summed E-state index contributed by atoms with van der Waals surface area (Å²) in [6, 6.07) is 0.203. The number of hydrogen-bond acceptors (Lipinski definition) is 3. The van der Waals surface area contributed by atoms with Crippen LogP contribution in [0.25, 0.3) is 0 Å². The third-order valence-electron chi connectivity index (χ3n) is 2.40. The van der Waals surface area contributed by atoms with E-state index in [1.165, 1.54) is 5.01 Å². The van der Waals surface area contributed by atoms with Gasteiger partial charge in [-0.1, -0.05) is 0 Å². The number of hydrogen-bond donors (Lipinski definition) is 2. The number of ether oxygens (including phenoxy) is 1. The van der Waals surface area contributed by atoms with Gasteiger partial charge in [-0.15, -0.1) is 0 Å². The summed E-state index contributed by atoms with van der Waals surface area (Å²) >= 11 is 0. The van der Waals surface area contributed by atoms with Crippen LogP contribution in [0.1, 0.15) is 33.6 Å². The second-order valence-corrected chi connectivity index (χ2v) is 4.80. The van der Waals surface area contributed by atoms with Crippen LogP contribution < -0.4 is 5.43 Å². The van der Waals surface area contributed by atoms with Crippen molar-refractivity contribution < 1.29 is 14.6 Å². The van der Waals surface area contributed by atoms with E-state index in [2.05, 4.69) is 5.43 Å². The molecule has 0 aromatic rings. The number of rotatable bonds is 2. The van der Waals surface area contributed by atoms with Crippen molar-refractivity contribution in [3.63, 3.8) is 0 Å². The van der Waals surface area contributed by atoms with Gasteiger partial charge < -0.3 is 9.84 Å². The molecule has 1 amide bonds. The number of nitrogens with zero attached hydrogens (tertiary/aromatic N) is 1. The van der Waals surface area contributed by atoms with Gasteiger partial charge in [-0.2, -0.15) is 0 Å². The van der Waals surface area contributed by atoms with E-state index in [-0.39, 0.29) is 6.04 Å². The highest BCUT2D eigenvalue weighted by Crippen LogP contribution is 2.14. The molecule has 15 heavy (non-hydrogen) atoms. The standard InChI is InChI=1S/C10H20N2O3/c1-10(2,3)12(9(13)14)11-8-4-6-15-7-5-8/h8,11H,4-7H2,1-3H3,(H,13,14). The molecule has 1 fully saturated rings. The zero-order chi connectivity index (χ0) is 11.5. The van der Waals surface area contributed by atoms with E-state index >= 15 is 0 Å². The molecule has 0 bridgehead atoms. The molecule has 1 rings (SSSR count). The predicted molar refractivity (Wildman–Crippen MR) is 56.6 cm³/mol. The van der Waals surface area contributed by atoms with Crippen LogP contribution in [0.4, 0.5) is 4.79 Å². The van der Waals surface area contributed by atoms with Gasteiger partial charge in [0.25, 0.3) is 0 Å². The number of amides is 1. The average Bonchev–Trinajstić information content (AvgIpc) is 2.13. The second-order valence-electron chi connectivity index (χ2n) is 4.80. The Morgan fingerprint density at radius 1 is 1.40 bits per heavy atom. The van der Waals surface area contributed by atoms with Gasteiger partial charge in [-0.05, 0) is 33.6 Å². The van der Waals surface area contributed by atoms with E-state index in [0.29, 0.717) is 13.2 Å². The molecule has 0 unspecified atom stereocenters. The van der Waals surface area contributed by atoms with Gasteiger partial charge in [-0.3, -0.25) is 0 Å². The van der Waals surface area contributed by atoms with Crippen LogP contribution >= 0.6 is 0 Å². The van der Waals surface area contributed by atoms with E-state index in [1.807, 2.05) is 20.8 Å². The van der Waals surface area contributed by atoms with Crippen molar-refractivity contribution >= 4 is 6.09 Å². The monoisotopic (exact) mass is 216 g/mol. The van der Waals surface area contributed by atoms with Crippen LogP contribution in [0.15, 0.2) is 0 Å². The van der Waals surface area contributed by atoms with Crippen LogP contribution in [-0.4, -0.2) is 41.0 Å². The molecule has 0 radical (unpaired) electrons. The van der Waals surface area contributed by atoms with Gasteiger partial charge >= 0.3 is 6.09 Å². The first-order chi connectivity index (χ1) is 6.91. The zero-order valence-electron chi connectivity index (χ0n) is 9.62. The normalized spacial score (nSPS) is 18.9. The summed E-state index contributed by atoms with van der Waals surface area (Å²) in [6.45, 7) is 7.01. The van der Waals surface area contributed by atoms with E-state index < -0.39 is 11.6 Å². The smallest absolute Gasteiger partial charge is 0.422 e. The fourth-order valence-electron chi connectivity index (χ4n) is 1.55. The van der Waals surface area contributed by atoms with Crippen molar-refractivity contribution in [3.05, 3.63) is 0 Å². The van der Waals surface area contributed by atoms with Gasteiger partial charge in [0, 0.05) is 19.3 Å². The van der Waals surface area contributed by atoms with Crippen LogP contribution in [-0.2, 0) is 4.74 Å². The summed E-state index contributed by atoms with van der Waals surface area (Å²) in [5.41, 5.74) is 2.62. The Morgan fingerprint density at radius 3 is 2.33 bits per heavy atom. The highest BCUT2D eigenvalue weighted by Gasteiger charge is 2.29. The predicted octanol–water partition coefficient (Wildman–Crippen LogP) is 1.45. The van der Waals surface area contributed by atoms with Crippen molar-refractivity contribution in [2.75, 3.05) is 13.2 Å². The first-order valence-corrected chi connectivity index (χ1v) is 5.28. The quantitative estimate of drug-likeness (QED) is 0.686. The van der Waals surface area contributed by atoms with Crippen molar-refractivity contribution in [2.45, 2.75) is 45.2 Å². The third kappa shape index (κ3) is 3.68. The Labute approximate surface area is 90.4 Å². The van der Waals surface area contributed by atoms with Crippen molar-refractivity contribution in [1.82, 2.24) is 10.4 Å². The van der Waals surface area contributed by atoms with Crippen molar-refractivity contribution in [3.8, 4) is 0 Å². The van der Waals surface area contributed by atoms with Crippen LogP contribution in [0.2, 0.25) is 0 Å². The Balaban J connectivity index is 2.54. The summed E-state index contributed by atoms with van der Waals surface area (Å²) in [4.78, 5) is 11.1. The maximum absolute atomic E-state index is 11.1. The molecule has 1 heterocycles. The maximum Gasteiger partial charge on any atom is 0.422 e. The summed E-state index contributed by atoms with van der Waals surface area (Å²) in [6.07, 6.45) is 0.786. The minimum atomic E-state index is -0.936. The Morgan fingerprint density at radius 2 is 1.93 bits per heavy atom. The molecule has 0 aromatic carbocycles. The summed E-state index contributed by atoms with van der Waals surface area (Å²) in [5.74, 6) is 0. The molecule has 0 atom stereocenters. The molecule has 88 valence electrons. The Kier molecular flexibility index (Phi) is 3.93. The summed E-state index contributed by atoms with van der Waals surface area (Å²) in [7, 11) is 0. The maximum atomic E-state index is 11.1. The molecule has 1 aliphatic heterocycles. The highest BCUT2D eigenvalue weighted by atomic mass is 16.5. The van der Waals surface area contributed by atoms with E-state index in [4.69, 9.17) is 9.84 Å². The van der Waals surface area contributed by atoms with Crippen LogP contribution in [0, 0.1) is 0 Å². The molecular formula is C10H20N2O3. The topological polar surface area (TPSA) is 61.8 Å². The largest absolute Gasteiger partial charge is 0.464 e. The zero-order valence-corrected chi connectivity index (χ0v) is 9.62. The Hall–Kier alpha value is -0.810. The number of carbonyl (C=O) groups is 1. The molecule has 0 aliphatic carbocycles. The molecular weight excluding hydrogens is 196 g/mol. The lowest BCUT2D eigenvalue weighted by Gasteiger charge is -2.37. The van der Waals surface area contributed by atoms with Gasteiger partial charge in [0.15, 0.2) is 0 Å². The first-order valence-electron chi connectivity index (χ1n) is 5.28. The molecule has 0 spiro atoms. The fourth-order valence-corrected chi connectivity index (χ4v) is 1.55. The van der Waals surface area contributed by atoms with E-state index in [0.717, 1.165) is 12.8 Å². The lowest BCUT2D eigenvalue weighted by Crippen LogP contribution is -2.57. The lowest BCUT2D eigenvalue weighted by atomic mass is 10.1. The van der Waals surface area contributed by atoms with Gasteiger partial charge in [0.2, 0.25) is 0 Å². The Bertz CT molecular complexity index is 219. The van der Waals surface area contributed by atoms with Gasteiger partial charge in [-0.25, -0.2) is 15.2 Å². The van der Waals surface area contributed by atoms with Crippen LogP contribution in [0.3, 0.4) is 0 Å². The van der Waals surface area contributed by atoms with Crippen LogP contribution in [0.5, 0.6) is 0 Å². The molecule has 5 nitrogen and oxygen atoms in total. The minimum absolute atomic E-state index is 0.203. The molecule has 0 aromatic heterocycles. The number of nitrogens with one attached hydrogen (secondary N) is 1. The minimum Gasteiger partial charge on any atom is -0.464 e. The van der Waals surface area contributed by atoms with Gasteiger partial charge in [0.05, 0.1) is 5.54 Å². The lowest BCUT2D eigenvalue weighted by molar-refractivity contribution is 0.0164. The number of carboxylic acid groups (broad SMARTS) is 1. The van der Waals surface area contributed by atoms with E-state index in [1.54, 1.807) is 0 Å². The molecule has 2 N–H and O–H groups in total. The average molecular weight is 216 g/mol. The second kappa shape index (κ2) is 4.81. The van der Waals surface area contributed by atoms with Crippen molar-refractivity contribution in [1.29, 1.82) is 0 Å². The number of hydrazine groups is 1. The summed E-state index contributed by atoms with van der Waals surface area (Å²) in [5, 5.41) is 10.4. The van der Waals surface area contributed by atoms with Gasteiger partial charge in [0.1, 0.15) is 0 Å². The SMILES string of the molecule is CC(C)(C)N(NC1CCOCC1)C(=O)O. The third-order valence-corrected chi connectivity index (χ3v) is 2.40. The molecule has 1 saturated heterocycles. The fraction of sp³-hybridized carbons (Fsp3) is 0.900.